The number of ether oxygens (including phenoxy) is 1. The van der Waals surface area contributed by atoms with E-state index in [-0.39, 0.29) is 11.7 Å². The molecule has 0 amide bonds. The summed E-state index contributed by atoms with van der Waals surface area (Å²) in [6.45, 7) is 3.96. The summed E-state index contributed by atoms with van der Waals surface area (Å²) in [5, 5.41) is 12.3. The Morgan fingerprint density at radius 2 is 1.86 bits per heavy atom. The maximum Gasteiger partial charge on any atom is 0.134 e. The summed E-state index contributed by atoms with van der Waals surface area (Å²) in [4.78, 5) is 0. The van der Waals surface area contributed by atoms with E-state index in [9.17, 15) is 4.39 Å². The van der Waals surface area contributed by atoms with Gasteiger partial charge in [-0.15, -0.1) is 0 Å². The van der Waals surface area contributed by atoms with Gasteiger partial charge in [0.25, 0.3) is 0 Å². The Morgan fingerprint density at radius 3 is 2.36 bits per heavy atom. The summed E-state index contributed by atoms with van der Waals surface area (Å²) < 4.78 is 19.1. The van der Waals surface area contributed by atoms with Crippen molar-refractivity contribution in [1.29, 1.82) is 0 Å². The Bertz CT molecular complexity index is 663. The highest BCUT2D eigenvalue weighted by Crippen LogP contribution is 2.26. The highest BCUT2D eigenvalue weighted by atomic mass is 19.1. The van der Waals surface area contributed by atoms with Gasteiger partial charge in [-0.05, 0) is 29.2 Å². The number of hydrogen-bond acceptors (Lipinski definition) is 3. The van der Waals surface area contributed by atoms with E-state index >= 15 is 0 Å². The average Bonchev–Trinajstić information content (AvgIpc) is 2.53. The standard InChI is InChI=1S/C18H20FNO2/c1-12(2)18(20-21)10-13-4-6-14(7-5-13)16-9-8-15(22-3)11-17(16)19/h4-9,11-12,21H,10H2,1-3H3/b20-18-. The van der Waals surface area contributed by atoms with Crippen molar-refractivity contribution >= 4 is 5.71 Å². The van der Waals surface area contributed by atoms with Crippen molar-refractivity contribution in [3.05, 3.63) is 53.8 Å². The SMILES string of the molecule is COc1ccc(-c2ccc(C/C(=N/O)C(C)C)cc2)c(F)c1. The van der Waals surface area contributed by atoms with Gasteiger partial charge in [-0.1, -0.05) is 43.3 Å². The second-order valence-electron chi connectivity index (χ2n) is 5.47. The van der Waals surface area contributed by atoms with Crippen molar-refractivity contribution in [2.75, 3.05) is 7.11 Å². The van der Waals surface area contributed by atoms with Crippen LogP contribution in [0.4, 0.5) is 4.39 Å². The molecule has 1 N–H and O–H groups in total. The maximum atomic E-state index is 14.1. The molecule has 0 aromatic heterocycles. The fraction of sp³-hybridized carbons (Fsp3) is 0.278. The van der Waals surface area contributed by atoms with Crippen LogP contribution in [0.1, 0.15) is 19.4 Å². The first-order valence-corrected chi connectivity index (χ1v) is 7.18. The van der Waals surface area contributed by atoms with Gasteiger partial charge < -0.3 is 9.94 Å². The van der Waals surface area contributed by atoms with E-state index in [4.69, 9.17) is 9.94 Å². The monoisotopic (exact) mass is 301 g/mol. The Labute approximate surface area is 130 Å². The first-order chi connectivity index (χ1) is 10.5. The van der Waals surface area contributed by atoms with E-state index in [0.717, 1.165) is 16.8 Å². The number of hydrogen-bond donors (Lipinski definition) is 1. The average molecular weight is 301 g/mol. The van der Waals surface area contributed by atoms with Crippen LogP contribution in [-0.4, -0.2) is 18.0 Å². The lowest BCUT2D eigenvalue weighted by Gasteiger charge is -2.09. The topological polar surface area (TPSA) is 41.8 Å². The summed E-state index contributed by atoms with van der Waals surface area (Å²) in [5.74, 6) is 0.370. The molecule has 22 heavy (non-hydrogen) atoms. The van der Waals surface area contributed by atoms with Gasteiger partial charge in [-0.2, -0.15) is 0 Å². The summed E-state index contributed by atoms with van der Waals surface area (Å²) in [5.41, 5.74) is 3.09. The van der Waals surface area contributed by atoms with Crippen LogP contribution in [-0.2, 0) is 6.42 Å². The van der Waals surface area contributed by atoms with E-state index in [1.807, 2.05) is 38.1 Å². The number of methoxy groups -OCH3 is 1. The zero-order valence-corrected chi connectivity index (χ0v) is 13.0. The molecule has 2 rings (SSSR count). The molecule has 0 atom stereocenters. The second-order valence-corrected chi connectivity index (χ2v) is 5.47. The van der Waals surface area contributed by atoms with Crippen molar-refractivity contribution in [3.8, 4) is 16.9 Å². The van der Waals surface area contributed by atoms with Crippen LogP contribution in [0.5, 0.6) is 5.75 Å². The number of halogens is 1. The normalized spacial score (nSPS) is 11.8. The van der Waals surface area contributed by atoms with E-state index in [0.29, 0.717) is 17.7 Å². The van der Waals surface area contributed by atoms with Gasteiger partial charge in [0, 0.05) is 18.1 Å². The molecule has 116 valence electrons. The molecule has 2 aromatic carbocycles. The minimum Gasteiger partial charge on any atom is -0.497 e. The molecule has 0 fully saturated rings. The first kappa shape index (κ1) is 16.0. The fourth-order valence-electron chi connectivity index (χ4n) is 2.22. The molecular weight excluding hydrogens is 281 g/mol. The van der Waals surface area contributed by atoms with Gasteiger partial charge in [0.1, 0.15) is 11.6 Å². The largest absolute Gasteiger partial charge is 0.497 e. The summed E-state index contributed by atoms with van der Waals surface area (Å²) >= 11 is 0. The van der Waals surface area contributed by atoms with Crippen LogP contribution < -0.4 is 4.74 Å². The maximum absolute atomic E-state index is 14.1. The zero-order chi connectivity index (χ0) is 16.1. The molecule has 0 radical (unpaired) electrons. The van der Waals surface area contributed by atoms with Crippen molar-refractivity contribution < 1.29 is 14.3 Å². The molecule has 0 saturated carbocycles. The first-order valence-electron chi connectivity index (χ1n) is 7.18. The number of benzene rings is 2. The van der Waals surface area contributed by atoms with E-state index in [1.165, 1.54) is 13.2 Å². The number of nitrogens with zero attached hydrogens (tertiary/aromatic N) is 1. The summed E-state index contributed by atoms with van der Waals surface area (Å²) in [6.07, 6.45) is 0.583. The lowest BCUT2D eigenvalue weighted by molar-refractivity contribution is 0.314. The zero-order valence-electron chi connectivity index (χ0n) is 13.0. The molecule has 0 saturated heterocycles. The van der Waals surface area contributed by atoms with Crippen molar-refractivity contribution in [3.63, 3.8) is 0 Å². The van der Waals surface area contributed by atoms with Crippen molar-refractivity contribution in [2.24, 2.45) is 11.1 Å². The van der Waals surface area contributed by atoms with Crippen LogP contribution in [0.25, 0.3) is 11.1 Å². The predicted molar refractivity (Wildman–Crippen MR) is 86.2 cm³/mol. The van der Waals surface area contributed by atoms with Crippen LogP contribution in [0.2, 0.25) is 0 Å². The lowest BCUT2D eigenvalue weighted by atomic mass is 9.97. The third-order valence-electron chi connectivity index (χ3n) is 3.62. The third-order valence-corrected chi connectivity index (χ3v) is 3.62. The Balaban J connectivity index is 2.22. The minimum atomic E-state index is -0.313. The molecule has 0 unspecified atom stereocenters. The Kier molecular flexibility index (Phi) is 5.15. The number of rotatable bonds is 5. The molecule has 0 aliphatic heterocycles. The van der Waals surface area contributed by atoms with Gasteiger partial charge in [0.05, 0.1) is 12.8 Å². The summed E-state index contributed by atoms with van der Waals surface area (Å²) in [7, 11) is 1.51. The molecule has 4 heteroatoms. The lowest BCUT2D eigenvalue weighted by Crippen LogP contribution is -2.10. The Hall–Kier alpha value is -2.36. The molecule has 3 nitrogen and oxygen atoms in total. The molecule has 0 spiro atoms. The van der Waals surface area contributed by atoms with Gasteiger partial charge >= 0.3 is 0 Å². The quantitative estimate of drug-likeness (QED) is 0.501. The Morgan fingerprint density at radius 1 is 1.18 bits per heavy atom. The van der Waals surface area contributed by atoms with Gasteiger partial charge in [0.15, 0.2) is 0 Å². The minimum absolute atomic E-state index is 0.184. The molecule has 0 heterocycles. The van der Waals surface area contributed by atoms with Crippen LogP contribution in [0, 0.1) is 11.7 Å². The van der Waals surface area contributed by atoms with E-state index in [2.05, 4.69) is 5.16 Å². The third kappa shape index (κ3) is 3.64. The second kappa shape index (κ2) is 7.07. The van der Waals surface area contributed by atoms with Gasteiger partial charge in [-0.25, -0.2) is 4.39 Å². The molecule has 0 bridgehead atoms. The van der Waals surface area contributed by atoms with E-state index in [1.54, 1.807) is 12.1 Å². The van der Waals surface area contributed by atoms with Gasteiger partial charge in [0.2, 0.25) is 0 Å². The smallest absolute Gasteiger partial charge is 0.134 e. The fourth-order valence-corrected chi connectivity index (χ4v) is 2.22. The van der Waals surface area contributed by atoms with Crippen molar-refractivity contribution in [2.45, 2.75) is 20.3 Å². The van der Waals surface area contributed by atoms with E-state index < -0.39 is 0 Å². The van der Waals surface area contributed by atoms with Crippen LogP contribution >= 0.6 is 0 Å². The van der Waals surface area contributed by atoms with Crippen LogP contribution in [0.15, 0.2) is 47.6 Å². The van der Waals surface area contributed by atoms with Gasteiger partial charge in [-0.3, -0.25) is 0 Å². The molecule has 2 aromatic rings. The molecule has 0 aliphatic carbocycles. The van der Waals surface area contributed by atoms with Crippen LogP contribution in [0.3, 0.4) is 0 Å². The van der Waals surface area contributed by atoms with Crippen molar-refractivity contribution in [1.82, 2.24) is 0 Å². The molecule has 0 aliphatic rings. The predicted octanol–water partition coefficient (Wildman–Crippen LogP) is 4.53. The highest BCUT2D eigenvalue weighted by molar-refractivity contribution is 5.87. The highest BCUT2D eigenvalue weighted by Gasteiger charge is 2.09. The summed E-state index contributed by atoms with van der Waals surface area (Å²) in [6, 6.07) is 12.4. The number of oxime groups is 1. The molecular formula is C18H20FNO2.